The number of anilines is 1. The Morgan fingerprint density at radius 1 is 1.00 bits per heavy atom. The predicted octanol–water partition coefficient (Wildman–Crippen LogP) is 2.61. The summed E-state index contributed by atoms with van der Waals surface area (Å²) in [7, 11) is 3.35. The van der Waals surface area contributed by atoms with Crippen molar-refractivity contribution < 1.29 is 19.1 Å². The van der Waals surface area contributed by atoms with E-state index in [9.17, 15) is 14.4 Å². The van der Waals surface area contributed by atoms with Crippen LogP contribution in [-0.4, -0.2) is 43.2 Å². The van der Waals surface area contributed by atoms with Gasteiger partial charge in [0.1, 0.15) is 5.75 Å². The van der Waals surface area contributed by atoms with Crippen LogP contribution in [0.25, 0.3) is 0 Å². The topological polar surface area (TPSA) is 75.7 Å². The summed E-state index contributed by atoms with van der Waals surface area (Å²) in [6.07, 6.45) is 0. The molecule has 0 fully saturated rings. The summed E-state index contributed by atoms with van der Waals surface area (Å²) in [5.74, 6) is -0.221. The minimum atomic E-state index is -0.356. The van der Waals surface area contributed by atoms with Crippen LogP contribution in [0.5, 0.6) is 5.75 Å². The van der Waals surface area contributed by atoms with E-state index in [1.807, 2.05) is 0 Å². The molecule has 0 heterocycles. The lowest BCUT2D eigenvalue weighted by atomic mass is 10.1. The number of carbonyl (C=O) groups is 3. The zero-order chi connectivity index (χ0) is 18.4. The Balaban J connectivity index is 1.95. The molecule has 0 aliphatic rings. The first kappa shape index (κ1) is 18.2. The zero-order valence-electron chi connectivity index (χ0n) is 14.4. The van der Waals surface area contributed by atoms with Crippen LogP contribution in [0, 0.1) is 0 Å². The van der Waals surface area contributed by atoms with E-state index >= 15 is 0 Å². The van der Waals surface area contributed by atoms with Gasteiger partial charge in [-0.05, 0) is 43.3 Å². The molecule has 2 aromatic carbocycles. The van der Waals surface area contributed by atoms with Crippen molar-refractivity contribution in [2.75, 3.05) is 26.0 Å². The van der Waals surface area contributed by atoms with Crippen LogP contribution < -0.4 is 10.1 Å². The Morgan fingerprint density at radius 2 is 1.64 bits per heavy atom. The highest BCUT2D eigenvalue weighted by Crippen LogP contribution is 2.18. The zero-order valence-corrected chi connectivity index (χ0v) is 14.4. The first-order valence-electron chi connectivity index (χ1n) is 7.73. The van der Waals surface area contributed by atoms with Crippen LogP contribution in [0.15, 0.2) is 48.5 Å². The second-order valence-corrected chi connectivity index (χ2v) is 5.67. The fourth-order valence-corrected chi connectivity index (χ4v) is 2.18. The number of hydrogen-bond donors (Lipinski definition) is 1. The van der Waals surface area contributed by atoms with Crippen LogP contribution in [0.1, 0.15) is 27.6 Å². The molecular formula is C19H20N2O4. The molecule has 130 valence electrons. The van der Waals surface area contributed by atoms with Gasteiger partial charge in [-0.25, -0.2) is 0 Å². The van der Waals surface area contributed by atoms with Crippen LogP contribution >= 0.6 is 0 Å². The minimum Gasteiger partial charge on any atom is -0.483 e. The molecule has 0 atom stereocenters. The Bertz CT molecular complexity index is 782. The van der Waals surface area contributed by atoms with Gasteiger partial charge < -0.3 is 15.0 Å². The molecule has 0 aliphatic heterocycles. The largest absolute Gasteiger partial charge is 0.483 e. The molecule has 6 nitrogen and oxygen atoms in total. The number of carbonyl (C=O) groups excluding carboxylic acids is 3. The van der Waals surface area contributed by atoms with Gasteiger partial charge in [0, 0.05) is 25.3 Å². The Morgan fingerprint density at radius 3 is 2.24 bits per heavy atom. The number of benzene rings is 2. The number of Topliss-reactive ketones (excluding diaryl/α,β-unsaturated/α-hetero) is 1. The summed E-state index contributed by atoms with van der Waals surface area (Å²) < 4.78 is 5.43. The van der Waals surface area contributed by atoms with Crippen LogP contribution in [0.4, 0.5) is 5.69 Å². The summed E-state index contributed by atoms with van der Waals surface area (Å²) in [6, 6.07) is 13.4. The van der Waals surface area contributed by atoms with Crippen molar-refractivity contribution >= 4 is 23.3 Å². The van der Waals surface area contributed by atoms with Gasteiger partial charge in [-0.15, -0.1) is 0 Å². The van der Waals surface area contributed by atoms with Gasteiger partial charge in [-0.2, -0.15) is 0 Å². The van der Waals surface area contributed by atoms with Crippen molar-refractivity contribution in [3.05, 3.63) is 59.7 Å². The summed E-state index contributed by atoms with van der Waals surface area (Å²) in [5, 5.41) is 2.68. The van der Waals surface area contributed by atoms with Gasteiger partial charge in [0.05, 0.1) is 5.56 Å². The van der Waals surface area contributed by atoms with E-state index in [1.165, 1.54) is 11.8 Å². The van der Waals surface area contributed by atoms with Crippen molar-refractivity contribution in [3.8, 4) is 5.75 Å². The third-order valence-electron chi connectivity index (χ3n) is 3.45. The van der Waals surface area contributed by atoms with Crippen molar-refractivity contribution in [1.29, 1.82) is 0 Å². The van der Waals surface area contributed by atoms with Gasteiger partial charge in [0.15, 0.2) is 12.4 Å². The molecule has 0 bridgehead atoms. The highest BCUT2D eigenvalue weighted by Gasteiger charge is 2.11. The van der Waals surface area contributed by atoms with Crippen LogP contribution in [0.2, 0.25) is 0 Å². The van der Waals surface area contributed by atoms with Gasteiger partial charge >= 0.3 is 0 Å². The molecule has 2 rings (SSSR count). The molecule has 6 heteroatoms. The predicted molar refractivity (Wildman–Crippen MR) is 95.0 cm³/mol. The van der Waals surface area contributed by atoms with Gasteiger partial charge in [-0.1, -0.05) is 12.1 Å². The molecule has 0 unspecified atom stereocenters. The monoisotopic (exact) mass is 340 g/mol. The summed E-state index contributed by atoms with van der Waals surface area (Å²) in [4.78, 5) is 36.8. The second kappa shape index (κ2) is 8.10. The van der Waals surface area contributed by atoms with E-state index in [4.69, 9.17) is 4.74 Å². The molecule has 0 radical (unpaired) electrons. The van der Waals surface area contributed by atoms with Crippen LogP contribution in [-0.2, 0) is 4.79 Å². The normalized spacial score (nSPS) is 10.0. The number of rotatable bonds is 6. The van der Waals surface area contributed by atoms with Crippen molar-refractivity contribution in [2.24, 2.45) is 0 Å². The number of hydrogen-bond acceptors (Lipinski definition) is 4. The quantitative estimate of drug-likeness (QED) is 0.820. The standard InChI is InChI=1S/C19H20N2O4/c1-13(22)16-6-4-5-7-17(16)25-12-18(23)20-15-10-8-14(9-11-15)19(24)21(2)3/h4-11H,12H2,1-3H3,(H,20,23). The molecule has 25 heavy (non-hydrogen) atoms. The van der Waals surface area contributed by atoms with Gasteiger partial charge in [-0.3, -0.25) is 14.4 Å². The number of amides is 2. The van der Waals surface area contributed by atoms with Crippen molar-refractivity contribution in [2.45, 2.75) is 6.92 Å². The summed E-state index contributed by atoms with van der Waals surface area (Å²) >= 11 is 0. The fourth-order valence-electron chi connectivity index (χ4n) is 2.18. The lowest BCUT2D eigenvalue weighted by molar-refractivity contribution is -0.118. The SMILES string of the molecule is CC(=O)c1ccccc1OCC(=O)Nc1ccc(C(=O)N(C)C)cc1. The first-order valence-corrected chi connectivity index (χ1v) is 7.73. The average molecular weight is 340 g/mol. The van der Waals surface area contributed by atoms with Gasteiger partial charge in [0.2, 0.25) is 0 Å². The molecule has 0 saturated heterocycles. The highest BCUT2D eigenvalue weighted by atomic mass is 16.5. The Labute approximate surface area is 146 Å². The van der Waals surface area contributed by atoms with E-state index in [2.05, 4.69) is 5.32 Å². The maximum Gasteiger partial charge on any atom is 0.262 e. The fraction of sp³-hybridized carbons (Fsp3) is 0.211. The van der Waals surface area contributed by atoms with E-state index in [-0.39, 0.29) is 24.2 Å². The molecule has 0 saturated carbocycles. The number of nitrogens with zero attached hydrogens (tertiary/aromatic N) is 1. The Hall–Kier alpha value is -3.15. The van der Waals surface area contributed by atoms with E-state index in [1.54, 1.807) is 62.6 Å². The molecule has 0 spiro atoms. The molecule has 2 aromatic rings. The summed E-state index contributed by atoms with van der Waals surface area (Å²) in [5.41, 5.74) is 1.53. The number of ether oxygens (including phenoxy) is 1. The third-order valence-corrected chi connectivity index (χ3v) is 3.45. The number of para-hydroxylation sites is 1. The molecule has 1 N–H and O–H groups in total. The maximum atomic E-state index is 12.0. The summed E-state index contributed by atoms with van der Waals surface area (Å²) in [6.45, 7) is 1.22. The minimum absolute atomic E-state index is 0.109. The highest BCUT2D eigenvalue weighted by molar-refractivity contribution is 5.97. The lowest BCUT2D eigenvalue weighted by Gasteiger charge is -2.12. The van der Waals surface area contributed by atoms with Crippen LogP contribution in [0.3, 0.4) is 0 Å². The first-order chi connectivity index (χ1) is 11.9. The molecule has 0 aromatic heterocycles. The number of ketones is 1. The smallest absolute Gasteiger partial charge is 0.262 e. The third kappa shape index (κ3) is 4.91. The van der Waals surface area contributed by atoms with Gasteiger partial charge in [0.25, 0.3) is 11.8 Å². The molecule has 0 aliphatic carbocycles. The van der Waals surface area contributed by atoms with E-state index < -0.39 is 0 Å². The van der Waals surface area contributed by atoms with Crippen molar-refractivity contribution in [1.82, 2.24) is 4.90 Å². The molecule has 2 amide bonds. The Kier molecular flexibility index (Phi) is 5.89. The molecular weight excluding hydrogens is 320 g/mol. The lowest BCUT2D eigenvalue weighted by Crippen LogP contribution is -2.22. The van der Waals surface area contributed by atoms with E-state index in [0.29, 0.717) is 22.6 Å². The maximum absolute atomic E-state index is 12.0. The average Bonchev–Trinajstić information content (AvgIpc) is 2.60. The number of nitrogens with one attached hydrogen (secondary N) is 1. The van der Waals surface area contributed by atoms with Crippen molar-refractivity contribution in [3.63, 3.8) is 0 Å². The second-order valence-electron chi connectivity index (χ2n) is 5.67. The van der Waals surface area contributed by atoms with E-state index in [0.717, 1.165) is 0 Å².